The number of hydrogen-bond acceptors (Lipinski definition) is 5. The monoisotopic (exact) mass is 278 g/mol. The van der Waals surface area contributed by atoms with Crippen molar-refractivity contribution in [3.63, 3.8) is 0 Å². The van der Waals surface area contributed by atoms with E-state index in [-0.39, 0.29) is 6.04 Å². The van der Waals surface area contributed by atoms with E-state index >= 15 is 0 Å². The van der Waals surface area contributed by atoms with Crippen LogP contribution in [0.25, 0.3) is 0 Å². The van der Waals surface area contributed by atoms with Crippen LogP contribution >= 0.6 is 11.8 Å². The van der Waals surface area contributed by atoms with Gasteiger partial charge in [-0.1, -0.05) is 6.07 Å². The lowest BCUT2D eigenvalue weighted by Gasteiger charge is -2.15. The predicted octanol–water partition coefficient (Wildman–Crippen LogP) is 2.30. The third-order valence-corrected chi connectivity index (χ3v) is 4.07. The number of ether oxygens (including phenoxy) is 1. The van der Waals surface area contributed by atoms with Crippen LogP contribution in [0, 0.1) is 6.92 Å². The molecule has 0 fully saturated rings. The number of aromatic nitrogens is 3. The van der Waals surface area contributed by atoms with Crippen LogP contribution < -0.4 is 10.5 Å². The number of hydrogen-bond donors (Lipinski definition) is 1. The molecule has 0 radical (unpaired) electrons. The van der Waals surface area contributed by atoms with E-state index in [1.807, 2.05) is 43.7 Å². The summed E-state index contributed by atoms with van der Waals surface area (Å²) in [5, 5.41) is 9.06. The summed E-state index contributed by atoms with van der Waals surface area (Å²) >= 11 is 1.55. The van der Waals surface area contributed by atoms with Crippen LogP contribution in [-0.2, 0) is 7.05 Å². The number of benzene rings is 1. The summed E-state index contributed by atoms with van der Waals surface area (Å²) in [5.74, 6) is 1.69. The molecule has 0 aliphatic heterocycles. The summed E-state index contributed by atoms with van der Waals surface area (Å²) in [6.45, 7) is 3.87. The second kappa shape index (κ2) is 5.63. The Labute approximate surface area is 117 Å². The van der Waals surface area contributed by atoms with Gasteiger partial charge in [0.05, 0.1) is 7.11 Å². The van der Waals surface area contributed by atoms with E-state index in [0.29, 0.717) is 0 Å². The third-order valence-electron chi connectivity index (χ3n) is 2.96. The van der Waals surface area contributed by atoms with E-state index in [1.54, 1.807) is 18.9 Å². The Balaban J connectivity index is 2.42. The lowest BCUT2D eigenvalue weighted by molar-refractivity contribution is 0.405. The number of nitrogens with two attached hydrogens (primary N) is 1. The van der Waals surface area contributed by atoms with Crippen molar-refractivity contribution in [3.8, 4) is 5.75 Å². The fourth-order valence-electron chi connectivity index (χ4n) is 1.81. The predicted molar refractivity (Wildman–Crippen MR) is 75.5 cm³/mol. The van der Waals surface area contributed by atoms with Gasteiger partial charge >= 0.3 is 0 Å². The van der Waals surface area contributed by atoms with Crippen LogP contribution in [0.4, 0.5) is 0 Å². The van der Waals surface area contributed by atoms with Crippen molar-refractivity contribution in [2.24, 2.45) is 12.8 Å². The molecule has 1 atom stereocenters. The minimum atomic E-state index is -0.104. The van der Waals surface area contributed by atoms with Crippen LogP contribution in [0.3, 0.4) is 0 Å². The molecule has 2 aromatic rings. The molecule has 5 nitrogen and oxygen atoms in total. The van der Waals surface area contributed by atoms with E-state index in [4.69, 9.17) is 10.5 Å². The molecule has 0 saturated heterocycles. The third kappa shape index (κ3) is 2.74. The highest BCUT2D eigenvalue weighted by Crippen LogP contribution is 2.36. The van der Waals surface area contributed by atoms with E-state index in [1.165, 1.54) is 0 Å². The van der Waals surface area contributed by atoms with E-state index in [9.17, 15) is 0 Å². The molecule has 1 heterocycles. The molecule has 0 unspecified atom stereocenters. The van der Waals surface area contributed by atoms with Gasteiger partial charge in [-0.05, 0) is 37.7 Å². The molecule has 0 amide bonds. The molecule has 1 aromatic carbocycles. The van der Waals surface area contributed by atoms with E-state index in [2.05, 4.69) is 10.2 Å². The van der Waals surface area contributed by atoms with Gasteiger partial charge in [0, 0.05) is 23.5 Å². The molecule has 2 rings (SSSR count). The van der Waals surface area contributed by atoms with Crippen LogP contribution in [0.15, 0.2) is 28.3 Å². The molecule has 102 valence electrons. The highest BCUT2D eigenvalue weighted by molar-refractivity contribution is 7.99. The molecule has 0 bridgehead atoms. The number of rotatable bonds is 4. The van der Waals surface area contributed by atoms with E-state index in [0.717, 1.165) is 27.2 Å². The zero-order valence-electron chi connectivity index (χ0n) is 11.5. The second-order valence-corrected chi connectivity index (χ2v) is 5.36. The van der Waals surface area contributed by atoms with Crippen LogP contribution in [0.5, 0.6) is 5.75 Å². The fraction of sp³-hybridized carbons (Fsp3) is 0.385. The van der Waals surface area contributed by atoms with Crippen molar-refractivity contribution in [2.75, 3.05) is 7.11 Å². The Morgan fingerprint density at radius 2 is 2.11 bits per heavy atom. The molecule has 2 N–H and O–H groups in total. The van der Waals surface area contributed by atoms with Crippen molar-refractivity contribution in [3.05, 3.63) is 29.6 Å². The number of nitrogens with zero attached hydrogens (tertiary/aromatic N) is 3. The lowest BCUT2D eigenvalue weighted by atomic mass is 10.1. The van der Waals surface area contributed by atoms with Gasteiger partial charge in [0.2, 0.25) is 0 Å². The molecule has 0 spiro atoms. The zero-order chi connectivity index (χ0) is 14.0. The fourth-order valence-corrected chi connectivity index (χ4v) is 2.91. The Morgan fingerprint density at radius 3 is 2.63 bits per heavy atom. The SMILES string of the molecule is COc1cccc(Sc2nnc(C)n2C)c1[C@H](C)N. The van der Waals surface area contributed by atoms with Gasteiger partial charge in [0.1, 0.15) is 11.6 Å². The topological polar surface area (TPSA) is 66.0 Å². The first-order valence-corrected chi connectivity index (χ1v) is 6.82. The lowest BCUT2D eigenvalue weighted by Crippen LogP contribution is -2.08. The Hall–Kier alpha value is -1.53. The Kier molecular flexibility index (Phi) is 4.11. The first kappa shape index (κ1) is 13.9. The van der Waals surface area contributed by atoms with E-state index < -0.39 is 0 Å². The van der Waals surface area contributed by atoms with Gasteiger partial charge in [-0.3, -0.25) is 0 Å². The maximum Gasteiger partial charge on any atom is 0.195 e. The molecule has 1 aromatic heterocycles. The normalized spacial score (nSPS) is 12.5. The minimum Gasteiger partial charge on any atom is -0.496 e. The van der Waals surface area contributed by atoms with Gasteiger partial charge in [0.15, 0.2) is 5.16 Å². The summed E-state index contributed by atoms with van der Waals surface area (Å²) in [7, 11) is 3.60. The van der Waals surface area contributed by atoms with Crippen molar-refractivity contribution in [2.45, 2.75) is 29.9 Å². The average Bonchev–Trinajstić information content (AvgIpc) is 2.70. The zero-order valence-corrected chi connectivity index (χ0v) is 12.4. The number of aryl methyl sites for hydroxylation is 1. The summed E-state index contributed by atoms with van der Waals surface area (Å²) < 4.78 is 7.34. The van der Waals surface area contributed by atoms with Crippen LogP contribution in [-0.4, -0.2) is 21.9 Å². The van der Waals surface area contributed by atoms with Crippen LogP contribution in [0.1, 0.15) is 24.4 Å². The Morgan fingerprint density at radius 1 is 1.37 bits per heavy atom. The summed E-state index contributed by atoms with van der Waals surface area (Å²) in [6, 6.07) is 5.80. The van der Waals surface area contributed by atoms with Crippen molar-refractivity contribution in [1.29, 1.82) is 0 Å². The molecule has 0 aliphatic rings. The Bertz CT molecular complexity index is 580. The largest absolute Gasteiger partial charge is 0.496 e. The molecule has 6 heteroatoms. The quantitative estimate of drug-likeness (QED) is 0.929. The number of methoxy groups -OCH3 is 1. The van der Waals surface area contributed by atoms with Gasteiger partial charge in [-0.2, -0.15) is 0 Å². The van der Waals surface area contributed by atoms with Crippen molar-refractivity contribution < 1.29 is 4.74 Å². The smallest absolute Gasteiger partial charge is 0.195 e. The first-order chi connectivity index (χ1) is 9.04. The second-order valence-electron chi connectivity index (χ2n) is 4.35. The first-order valence-electron chi connectivity index (χ1n) is 6.01. The average molecular weight is 278 g/mol. The molecule has 0 saturated carbocycles. The highest BCUT2D eigenvalue weighted by Gasteiger charge is 2.16. The maximum absolute atomic E-state index is 6.05. The standard InChI is InChI=1S/C13H18N4OS/c1-8(14)12-10(18-4)6-5-7-11(12)19-13-16-15-9(2)17(13)3/h5-8H,14H2,1-4H3/t8-/m0/s1. The molecule has 19 heavy (non-hydrogen) atoms. The van der Waals surface area contributed by atoms with Crippen molar-refractivity contribution in [1.82, 2.24) is 14.8 Å². The van der Waals surface area contributed by atoms with Gasteiger partial charge < -0.3 is 15.0 Å². The van der Waals surface area contributed by atoms with Crippen molar-refractivity contribution >= 4 is 11.8 Å². The van der Waals surface area contributed by atoms with Gasteiger partial charge in [0.25, 0.3) is 0 Å². The highest BCUT2D eigenvalue weighted by atomic mass is 32.2. The molecular weight excluding hydrogens is 260 g/mol. The van der Waals surface area contributed by atoms with Gasteiger partial charge in [-0.25, -0.2) is 0 Å². The summed E-state index contributed by atoms with van der Waals surface area (Å²) in [4.78, 5) is 1.05. The summed E-state index contributed by atoms with van der Waals surface area (Å²) in [6.07, 6.45) is 0. The van der Waals surface area contributed by atoms with Gasteiger partial charge in [-0.15, -0.1) is 10.2 Å². The minimum absolute atomic E-state index is 0.104. The summed E-state index contributed by atoms with van der Waals surface area (Å²) in [5.41, 5.74) is 7.05. The molecular formula is C13H18N4OS. The molecule has 0 aliphatic carbocycles. The maximum atomic E-state index is 6.05. The van der Waals surface area contributed by atoms with Crippen LogP contribution in [0.2, 0.25) is 0 Å².